The average Bonchev–Trinajstić information content (AvgIpc) is 3.04. The van der Waals surface area contributed by atoms with E-state index in [-0.39, 0.29) is 6.61 Å². The summed E-state index contributed by atoms with van der Waals surface area (Å²) < 4.78 is 48.5. The van der Waals surface area contributed by atoms with Crippen molar-refractivity contribution in [2.24, 2.45) is 0 Å². The first-order valence-electron chi connectivity index (χ1n) is 17.3. The molecule has 0 saturated heterocycles. The minimum Gasteiger partial charge on any atom is -0.480 e. The van der Waals surface area contributed by atoms with Gasteiger partial charge in [0.05, 0.1) is 99.1 Å². The number of nitrogens with one attached hydrogen (secondary N) is 1. The van der Waals surface area contributed by atoms with Gasteiger partial charge in [0.15, 0.2) is 0 Å². The second kappa shape index (κ2) is 39.8. The van der Waals surface area contributed by atoms with Gasteiger partial charge >= 0.3 is 5.97 Å². The minimum absolute atomic E-state index is 0.295. The van der Waals surface area contributed by atoms with Gasteiger partial charge < -0.3 is 53.1 Å². The monoisotopic (exact) mass is 667 g/mol. The molecule has 46 heavy (non-hydrogen) atoms. The van der Waals surface area contributed by atoms with Crippen molar-refractivity contribution in [3.05, 3.63) is 0 Å². The molecule has 0 heterocycles. The summed E-state index contributed by atoms with van der Waals surface area (Å²) in [6.07, 6.45) is 14.8. The molecule has 0 fully saturated rings. The van der Waals surface area contributed by atoms with E-state index >= 15 is 0 Å². The number of amides is 1. The molecule has 0 atom stereocenters. The number of aliphatic carboxylic acids is 1. The third-order valence-corrected chi connectivity index (χ3v) is 6.52. The maximum absolute atomic E-state index is 11.4. The van der Waals surface area contributed by atoms with Gasteiger partial charge in [0, 0.05) is 13.2 Å². The first kappa shape index (κ1) is 44.6. The Morgan fingerprint density at radius 1 is 0.413 bits per heavy atom. The first-order valence-corrected chi connectivity index (χ1v) is 17.3. The molecule has 0 saturated carbocycles. The van der Waals surface area contributed by atoms with Crippen LogP contribution in [0.25, 0.3) is 0 Å². The Labute approximate surface area is 277 Å². The molecule has 0 aliphatic carbocycles. The smallest absolute Gasteiger partial charge is 0.329 e. The number of carbonyl (C=O) groups excluding carboxylic acids is 1. The number of ether oxygens (including phenoxy) is 9. The molecular weight excluding hydrogens is 602 g/mol. The fourth-order valence-corrected chi connectivity index (χ4v) is 4.05. The highest BCUT2D eigenvalue weighted by Gasteiger charge is 2.03. The Hall–Kier alpha value is -1.42. The van der Waals surface area contributed by atoms with Crippen molar-refractivity contribution in [2.45, 2.75) is 77.6 Å². The lowest BCUT2D eigenvalue weighted by atomic mass is 10.1. The van der Waals surface area contributed by atoms with E-state index < -0.39 is 18.5 Å². The first-order chi connectivity index (χ1) is 22.7. The van der Waals surface area contributed by atoms with E-state index in [0.717, 1.165) is 13.0 Å². The van der Waals surface area contributed by atoms with Gasteiger partial charge in [0.1, 0.15) is 13.2 Å². The van der Waals surface area contributed by atoms with Crippen LogP contribution in [0.1, 0.15) is 77.6 Å². The summed E-state index contributed by atoms with van der Waals surface area (Å²) in [5.74, 6) is -1.51. The van der Waals surface area contributed by atoms with Gasteiger partial charge in [0.2, 0.25) is 5.91 Å². The highest BCUT2D eigenvalue weighted by molar-refractivity contribution is 5.77. The molecule has 274 valence electrons. The molecule has 0 bridgehead atoms. The van der Waals surface area contributed by atoms with Gasteiger partial charge in [-0.15, -0.1) is 0 Å². The molecule has 0 radical (unpaired) electrons. The molecule has 0 aromatic rings. The zero-order valence-corrected chi connectivity index (χ0v) is 28.7. The number of hydrogen-bond acceptors (Lipinski definition) is 11. The summed E-state index contributed by atoms with van der Waals surface area (Å²) in [7, 11) is 0. The molecule has 2 N–H and O–H groups in total. The van der Waals surface area contributed by atoms with Crippen LogP contribution in [0.4, 0.5) is 0 Å². The van der Waals surface area contributed by atoms with Crippen molar-refractivity contribution < 1.29 is 57.3 Å². The summed E-state index contributed by atoms with van der Waals surface area (Å²) in [4.78, 5) is 21.6. The third kappa shape index (κ3) is 40.6. The van der Waals surface area contributed by atoms with E-state index in [4.69, 9.17) is 43.0 Å². The largest absolute Gasteiger partial charge is 0.480 e. The van der Waals surface area contributed by atoms with Crippen LogP contribution in [0, 0.1) is 0 Å². The van der Waals surface area contributed by atoms with E-state index in [0.29, 0.717) is 106 Å². The number of carboxylic acids is 1. The van der Waals surface area contributed by atoms with Crippen LogP contribution in [-0.2, 0) is 52.2 Å². The molecule has 0 aliphatic heterocycles. The molecule has 0 aliphatic rings. The van der Waals surface area contributed by atoms with Crippen LogP contribution >= 0.6 is 0 Å². The van der Waals surface area contributed by atoms with Crippen molar-refractivity contribution in [1.29, 1.82) is 0 Å². The molecule has 13 heteroatoms. The van der Waals surface area contributed by atoms with E-state index in [1.165, 1.54) is 64.2 Å². The van der Waals surface area contributed by atoms with Gasteiger partial charge in [-0.1, -0.05) is 71.1 Å². The summed E-state index contributed by atoms with van der Waals surface area (Å²) in [5.41, 5.74) is 0. The van der Waals surface area contributed by atoms with E-state index in [1.54, 1.807) is 0 Å². The lowest BCUT2D eigenvalue weighted by Gasteiger charge is -2.09. The predicted octanol–water partition coefficient (Wildman–Crippen LogP) is 3.65. The summed E-state index contributed by atoms with van der Waals surface area (Å²) in [6.45, 7) is 9.96. The number of carbonyl (C=O) groups is 2. The summed E-state index contributed by atoms with van der Waals surface area (Å²) >= 11 is 0. The average molecular weight is 668 g/mol. The number of unbranched alkanes of at least 4 members (excludes halogenated alkanes) is 10. The Morgan fingerprint density at radius 3 is 1.11 bits per heavy atom. The Morgan fingerprint density at radius 2 is 0.739 bits per heavy atom. The van der Waals surface area contributed by atoms with Gasteiger partial charge in [-0.05, 0) is 6.42 Å². The normalized spacial score (nSPS) is 11.3. The van der Waals surface area contributed by atoms with Crippen LogP contribution in [0.15, 0.2) is 0 Å². The maximum Gasteiger partial charge on any atom is 0.329 e. The molecular formula is C33H65NO12. The van der Waals surface area contributed by atoms with E-state index in [9.17, 15) is 9.59 Å². The SMILES string of the molecule is CCCCCCCCCCCCCOCCOCCOCCOCCOCCOCCOCCOCCNC(=O)COCC(=O)O. The van der Waals surface area contributed by atoms with Crippen molar-refractivity contribution >= 4 is 11.9 Å². The Kier molecular flexibility index (Phi) is 38.5. The second-order valence-corrected chi connectivity index (χ2v) is 10.7. The minimum atomic E-state index is -1.12. The lowest BCUT2D eigenvalue weighted by molar-refractivity contribution is -0.143. The summed E-state index contributed by atoms with van der Waals surface area (Å²) in [6, 6.07) is 0. The quantitative estimate of drug-likeness (QED) is 0.0919. The molecule has 0 aromatic heterocycles. The van der Waals surface area contributed by atoms with Crippen molar-refractivity contribution in [1.82, 2.24) is 5.32 Å². The Balaban J connectivity index is 3.08. The van der Waals surface area contributed by atoms with Crippen LogP contribution in [0.3, 0.4) is 0 Å². The zero-order valence-electron chi connectivity index (χ0n) is 28.7. The number of rotatable bonds is 40. The van der Waals surface area contributed by atoms with Crippen molar-refractivity contribution in [3.8, 4) is 0 Å². The van der Waals surface area contributed by atoms with Crippen LogP contribution in [0.2, 0.25) is 0 Å². The number of hydrogen-bond donors (Lipinski definition) is 2. The maximum atomic E-state index is 11.4. The predicted molar refractivity (Wildman–Crippen MR) is 174 cm³/mol. The molecule has 0 rings (SSSR count). The molecule has 13 nitrogen and oxygen atoms in total. The van der Waals surface area contributed by atoms with Gasteiger partial charge in [-0.2, -0.15) is 0 Å². The zero-order chi connectivity index (χ0) is 33.4. The highest BCUT2D eigenvalue weighted by atomic mass is 16.6. The van der Waals surface area contributed by atoms with Gasteiger partial charge in [-0.25, -0.2) is 4.79 Å². The van der Waals surface area contributed by atoms with Crippen LogP contribution in [0.5, 0.6) is 0 Å². The molecule has 0 aromatic carbocycles. The number of carboxylic acid groups (broad SMARTS) is 1. The van der Waals surface area contributed by atoms with Crippen molar-refractivity contribution in [3.63, 3.8) is 0 Å². The fourth-order valence-electron chi connectivity index (χ4n) is 4.05. The lowest BCUT2D eigenvalue weighted by Crippen LogP contribution is -2.31. The standard InChI is InChI=1S/C33H65NO12/c1-2-3-4-5-6-7-8-9-10-11-12-14-38-16-18-40-20-22-42-24-26-44-28-29-45-27-25-43-23-21-41-19-17-39-15-13-34-32(35)30-46-31-33(36)37/h2-31H2,1H3,(H,34,35)(H,36,37). The Bertz CT molecular complexity index is 629. The molecule has 1 amide bonds. The molecule has 0 spiro atoms. The third-order valence-electron chi connectivity index (χ3n) is 6.52. The van der Waals surface area contributed by atoms with E-state index in [1.807, 2.05) is 0 Å². The van der Waals surface area contributed by atoms with Gasteiger partial charge in [0.25, 0.3) is 0 Å². The molecule has 0 unspecified atom stereocenters. The van der Waals surface area contributed by atoms with Gasteiger partial charge in [-0.3, -0.25) is 4.79 Å². The van der Waals surface area contributed by atoms with Crippen molar-refractivity contribution in [2.75, 3.05) is 125 Å². The topological polar surface area (TPSA) is 149 Å². The highest BCUT2D eigenvalue weighted by Crippen LogP contribution is 2.11. The summed E-state index contributed by atoms with van der Waals surface area (Å²) in [5, 5.41) is 11.0. The van der Waals surface area contributed by atoms with Crippen LogP contribution in [-0.4, -0.2) is 142 Å². The van der Waals surface area contributed by atoms with E-state index in [2.05, 4.69) is 17.0 Å². The second-order valence-electron chi connectivity index (χ2n) is 10.7. The fraction of sp³-hybridized carbons (Fsp3) is 0.939. The van der Waals surface area contributed by atoms with Crippen LogP contribution < -0.4 is 5.32 Å².